The van der Waals surface area contributed by atoms with E-state index >= 15 is 0 Å². The lowest BCUT2D eigenvalue weighted by Gasteiger charge is -2.18. The maximum Gasteiger partial charge on any atom is 0.328 e. The molecule has 0 amide bonds. The van der Waals surface area contributed by atoms with Gasteiger partial charge in [0.1, 0.15) is 11.8 Å². The fraction of sp³-hybridized carbons (Fsp3) is 0.333. The van der Waals surface area contributed by atoms with E-state index in [2.05, 4.69) is 36.8 Å². The van der Waals surface area contributed by atoms with Gasteiger partial charge in [0.05, 0.1) is 11.0 Å². The molecule has 0 N–H and O–H groups in total. The van der Waals surface area contributed by atoms with Gasteiger partial charge in [0.25, 0.3) is 0 Å². The summed E-state index contributed by atoms with van der Waals surface area (Å²) in [7, 11) is 1.76. The van der Waals surface area contributed by atoms with Gasteiger partial charge in [0, 0.05) is 31.5 Å². The second-order valence-electron chi connectivity index (χ2n) is 7.06. The molecule has 0 spiro atoms. The molecular formula is C18H19N5O. The fourth-order valence-electron chi connectivity index (χ4n) is 2.81. The molecule has 0 fully saturated rings. The Kier molecular flexibility index (Phi) is 3.72. The zero-order valence-corrected chi connectivity index (χ0v) is 14.2. The third-order valence-electron chi connectivity index (χ3n) is 3.86. The first-order chi connectivity index (χ1) is 11.3. The van der Waals surface area contributed by atoms with Gasteiger partial charge in [0.2, 0.25) is 0 Å². The Bertz CT molecular complexity index is 1010. The predicted molar refractivity (Wildman–Crippen MR) is 92.4 cm³/mol. The third kappa shape index (κ3) is 2.69. The summed E-state index contributed by atoms with van der Waals surface area (Å²) in [6.45, 7) is 6.94. The van der Waals surface area contributed by atoms with Crippen LogP contribution in [0, 0.1) is 16.7 Å². The molecule has 6 heteroatoms. The molecule has 6 nitrogen and oxygen atoms in total. The molecule has 2 heterocycles. The number of hydrogen-bond acceptors (Lipinski definition) is 4. The Labute approximate surface area is 140 Å². The maximum absolute atomic E-state index is 12.6. The first-order valence-electron chi connectivity index (χ1n) is 7.72. The molecule has 0 bridgehead atoms. The van der Waals surface area contributed by atoms with Crippen LogP contribution in [0.3, 0.4) is 0 Å². The van der Waals surface area contributed by atoms with Gasteiger partial charge in [-0.2, -0.15) is 5.26 Å². The third-order valence-corrected chi connectivity index (χ3v) is 3.86. The van der Waals surface area contributed by atoms with E-state index in [-0.39, 0.29) is 16.8 Å². The van der Waals surface area contributed by atoms with Crippen LogP contribution in [0.5, 0.6) is 0 Å². The highest BCUT2D eigenvalue weighted by Crippen LogP contribution is 2.25. The van der Waals surface area contributed by atoms with Gasteiger partial charge in [0.15, 0.2) is 5.69 Å². The molecule has 0 aliphatic heterocycles. The summed E-state index contributed by atoms with van der Waals surface area (Å²) >= 11 is 0. The molecule has 1 aromatic carbocycles. The second-order valence-corrected chi connectivity index (χ2v) is 7.06. The van der Waals surface area contributed by atoms with Crippen molar-refractivity contribution in [2.75, 3.05) is 0 Å². The van der Waals surface area contributed by atoms with Crippen LogP contribution in [0.25, 0.3) is 22.3 Å². The lowest BCUT2D eigenvalue weighted by atomic mass is 9.97. The van der Waals surface area contributed by atoms with Gasteiger partial charge >= 0.3 is 5.69 Å². The molecular weight excluding hydrogens is 302 g/mol. The summed E-state index contributed by atoms with van der Waals surface area (Å²) < 4.78 is 3.42. The van der Waals surface area contributed by atoms with Crippen molar-refractivity contribution in [2.24, 2.45) is 12.5 Å². The van der Waals surface area contributed by atoms with E-state index in [0.717, 1.165) is 16.6 Å². The zero-order chi connectivity index (χ0) is 17.5. The van der Waals surface area contributed by atoms with Crippen LogP contribution in [0.1, 0.15) is 26.5 Å². The summed E-state index contributed by atoms with van der Waals surface area (Å²) in [5.41, 5.74) is 3.22. The van der Waals surface area contributed by atoms with Crippen molar-refractivity contribution < 1.29 is 0 Å². The first-order valence-corrected chi connectivity index (χ1v) is 7.72. The van der Waals surface area contributed by atoms with Crippen LogP contribution in [-0.4, -0.2) is 19.1 Å². The van der Waals surface area contributed by atoms with Crippen LogP contribution in [-0.2, 0) is 13.6 Å². The highest BCUT2D eigenvalue weighted by atomic mass is 16.1. The molecule has 0 unspecified atom stereocenters. The van der Waals surface area contributed by atoms with E-state index in [1.165, 1.54) is 6.20 Å². The number of aromatic nitrogens is 4. The van der Waals surface area contributed by atoms with Crippen molar-refractivity contribution in [1.82, 2.24) is 19.1 Å². The summed E-state index contributed by atoms with van der Waals surface area (Å²) in [6.07, 6.45) is 3.06. The van der Waals surface area contributed by atoms with E-state index in [4.69, 9.17) is 0 Å². The molecule has 0 saturated carbocycles. The standard InChI is InChI=1S/C18H19N5O/c1-18(2,3)11-23-14-6-5-12(9-15(14)22(4)17(23)24)16-13(10-19)20-7-8-21-16/h5-9H,11H2,1-4H3. The van der Waals surface area contributed by atoms with Gasteiger partial charge in [-0.05, 0) is 17.5 Å². The summed E-state index contributed by atoms with van der Waals surface area (Å²) in [5, 5.41) is 9.21. The number of aryl methyl sites for hydroxylation is 1. The lowest BCUT2D eigenvalue weighted by Crippen LogP contribution is -2.27. The summed E-state index contributed by atoms with van der Waals surface area (Å²) in [5.74, 6) is 0. The Hall–Kier alpha value is -2.94. The van der Waals surface area contributed by atoms with E-state index < -0.39 is 0 Å². The number of imidazole rings is 1. The average Bonchev–Trinajstić information content (AvgIpc) is 2.78. The van der Waals surface area contributed by atoms with Crippen molar-refractivity contribution in [3.63, 3.8) is 0 Å². The van der Waals surface area contributed by atoms with Crippen molar-refractivity contribution in [2.45, 2.75) is 27.3 Å². The molecule has 0 saturated heterocycles. The molecule has 3 aromatic rings. The summed E-state index contributed by atoms with van der Waals surface area (Å²) in [4.78, 5) is 20.9. The van der Waals surface area contributed by atoms with Gasteiger partial charge < -0.3 is 0 Å². The van der Waals surface area contributed by atoms with E-state index in [0.29, 0.717) is 12.2 Å². The maximum atomic E-state index is 12.6. The number of nitrogens with zero attached hydrogens (tertiary/aromatic N) is 5. The van der Waals surface area contributed by atoms with Crippen LogP contribution in [0.15, 0.2) is 35.4 Å². The number of hydrogen-bond donors (Lipinski definition) is 0. The van der Waals surface area contributed by atoms with E-state index in [1.54, 1.807) is 22.4 Å². The molecule has 2 aromatic heterocycles. The largest absolute Gasteiger partial charge is 0.328 e. The van der Waals surface area contributed by atoms with Gasteiger partial charge in [-0.1, -0.05) is 26.8 Å². The molecule has 3 rings (SSSR count). The van der Waals surface area contributed by atoms with Crippen LogP contribution < -0.4 is 5.69 Å². The normalized spacial score (nSPS) is 11.6. The van der Waals surface area contributed by atoms with Crippen molar-refractivity contribution >= 4 is 11.0 Å². The summed E-state index contributed by atoms with van der Waals surface area (Å²) in [6, 6.07) is 7.74. The van der Waals surface area contributed by atoms with Crippen LogP contribution in [0.4, 0.5) is 0 Å². The number of rotatable bonds is 2. The zero-order valence-electron chi connectivity index (χ0n) is 14.2. The van der Waals surface area contributed by atoms with E-state index in [9.17, 15) is 10.1 Å². The van der Waals surface area contributed by atoms with Crippen LogP contribution in [0.2, 0.25) is 0 Å². The molecule has 122 valence electrons. The molecule has 24 heavy (non-hydrogen) atoms. The minimum absolute atomic E-state index is 0.00430. The highest BCUT2D eigenvalue weighted by Gasteiger charge is 2.18. The highest BCUT2D eigenvalue weighted by molar-refractivity contribution is 5.82. The average molecular weight is 321 g/mol. The van der Waals surface area contributed by atoms with E-state index in [1.807, 2.05) is 18.2 Å². The second kappa shape index (κ2) is 5.60. The SMILES string of the molecule is Cn1c(=O)n(CC(C)(C)C)c2ccc(-c3nccnc3C#N)cc21. The lowest BCUT2D eigenvalue weighted by molar-refractivity contribution is 0.342. The number of benzene rings is 1. The fourth-order valence-corrected chi connectivity index (χ4v) is 2.81. The van der Waals surface area contributed by atoms with Crippen LogP contribution >= 0.6 is 0 Å². The molecule has 0 aliphatic carbocycles. The van der Waals surface area contributed by atoms with Crippen molar-refractivity contribution in [1.29, 1.82) is 5.26 Å². The van der Waals surface area contributed by atoms with Crippen molar-refractivity contribution in [3.8, 4) is 17.3 Å². The Balaban J connectivity index is 2.22. The number of nitriles is 1. The predicted octanol–water partition coefficient (Wildman–Crippen LogP) is 2.71. The van der Waals surface area contributed by atoms with Gasteiger partial charge in [-0.25, -0.2) is 9.78 Å². The Morgan fingerprint density at radius 3 is 2.54 bits per heavy atom. The molecule has 0 radical (unpaired) electrons. The molecule has 0 atom stereocenters. The smallest absolute Gasteiger partial charge is 0.295 e. The number of fused-ring (bicyclic) bond motifs is 1. The van der Waals surface area contributed by atoms with Crippen molar-refractivity contribution in [3.05, 3.63) is 46.8 Å². The Morgan fingerprint density at radius 2 is 1.88 bits per heavy atom. The van der Waals surface area contributed by atoms with Gasteiger partial charge in [-0.15, -0.1) is 0 Å². The molecule has 0 aliphatic rings. The van der Waals surface area contributed by atoms with Gasteiger partial charge in [-0.3, -0.25) is 14.1 Å². The quantitative estimate of drug-likeness (QED) is 0.727. The topological polar surface area (TPSA) is 76.5 Å². The monoisotopic (exact) mass is 321 g/mol. The minimum atomic E-state index is -0.0447. The Morgan fingerprint density at radius 1 is 1.17 bits per heavy atom. The minimum Gasteiger partial charge on any atom is -0.295 e. The first kappa shape index (κ1) is 15.9.